The van der Waals surface area contributed by atoms with Crippen molar-refractivity contribution in [3.8, 4) is 5.75 Å². The summed E-state index contributed by atoms with van der Waals surface area (Å²) in [6, 6.07) is 13.4. The maximum absolute atomic E-state index is 15.0. The topological polar surface area (TPSA) is 59.8 Å². The van der Waals surface area contributed by atoms with Crippen LogP contribution in [0.25, 0.3) is 11.0 Å². The Kier molecular flexibility index (Phi) is 4.98. The SMILES string of the molecule is COc1ccc(N2C(=O)c3oc4cc(C)c(C)cc4c(=O)c3C2c2ccccc2F)cc1Cl. The van der Waals surface area contributed by atoms with Crippen LogP contribution in [0, 0.1) is 19.7 Å². The molecule has 33 heavy (non-hydrogen) atoms. The van der Waals surface area contributed by atoms with Crippen LogP contribution in [0.2, 0.25) is 5.02 Å². The average Bonchev–Trinajstić information content (AvgIpc) is 3.08. The van der Waals surface area contributed by atoms with Crippen LogP contribution in [-0.4, -0.2) is 13.0 Å². The van der Waals surface area contributed by atoms with Gasteiger partial charge in [0.25, 0.3) is 5.91 Å². The molecule has 1 atom stereocenters. The number of aryl methyl sites for hydroxylation is 2. The zero-order valence-electron chi connectivity index (χ0n) is 18.1. The fraction of sp³-hybridized carbons (Fsp3) is 0.154. The quantitative estimate of drug-likeness (QED) is 0.376. The van der Waals surface area contributed by atoms with E-state index in [0.717, 1.165) is 11.1 Å². The number of anilines is 1. The van der Waals surface area contributed by atoms with Gasteiger partial charge >= 0.3 is 0 Å². The Morgan fingerprint density at radius 1 is 1.03 bits per heavy atom. The maximum atomic E-state index is 15.0. The van der Waals surface area contributed by atoms with Crippen molar-refractivity contribution in [3.05, 3.63) is 104 Å². The Balaban J connectivity index is 1.83. The van der Waals surface area contributed by atoms with E-state index in [1.807, 2.05) is 13.8 Å². The van der Waals surface area contributed by atoms with Crippen LogP contribution in [0.1, 0.15) is 38.9 Å². The fourth-order valence-corrected chi connectivity index (χ4v) is 4.54. The standard InChI is InChI=1S/C26H19ClFNO4/c1-13-10-17-21(11-14(13)2)33-25-22(24(17)30)23(16-6-4-5-7-19(16)28)29(26(25)31)15-8-9-20(32-3)18(27)12-15/h4-12,23H,1-3H3. The van der Waals surface area contributed by atoms with Crippen LogP contribution in [0.15, 0.2) is 63.8 Å². The zero-order chi connectivity index (χ0) is 23.4. The number of fused-ring (bicyclic) bond motifs is 2. The highest BCUT2D eigenvalue weighted by Gasteiger charge is 2.44. The molecule has 0 radical (unpaired) electrons. The van der Waals surface area contributed by atoms with E-state index in [1.54, 1.807) is 48.5 Å². The monoisotopic (exact) mass is 463 g/mol. The Morgan fingerprint density at radius 2 is 1.76 bits per heavy atom. The third-order valence-electron chi connectivity index (χ3n) is 6.10. The predicted molar refractivity (Wildman–Crippen MR) is 125 cm³/mol. The van der Waals surface area contributed by atoms with E-state index in [4.69, 9.17) is 20.8 Å². The minimum Gasteiger partial charge on any atom is -0.495 e. The lowest BCUT2D eigenvalue weighted by Gasteiger charge is -2.26. The second-order valence-electron chi connectivity index (χ2n) is 8.02. The molecular weight excluding hydrogens is 445 g/mol. The van der Waals surface area contributed by atoms with Crippen molar-refractivity contribution >= 4 is 34.2 Å². The van der Waals surface area contributed by atoms with Gasteiger partial charge in [0.15, 0.2) is 5.43 Å². The lowest BCUT2D eigenvalue weighted by atomic mass is 9.97. The minimum absolute atomic E-state index is 0.101. The molecule has 1 amide bonds. The van der Waals surface area contributed by atoms with Crippen LogP contribution in [0.4, 0.5) is 10.1 Å². The molecule has 166 valence electrons. The molecule has 1 unspecified atom stereocenters. The van der Waals surface area contributed by atoms with E-state index in [-0.39, 0.29) is 27.3 Å². The van der Waals surface area contributed by atoms with Gasteiger partial charge in [-0.05, 0) is 61.4 Å². The number of benzene rings is 3. The number of hydrogen-bond acceptors (Lipinski definition) is 4. The molecular formula is C26H19ClFNO4. The summed E-state index contributed by atoms with van der Waals surface area (Å²) in [7, 11) is 1.48. The number of hydrogen-bond donors (Lipinski definition) is 0. The van der Waals surface area contributed by atoms with Crippen LogP contribution in [0.5, 0.6) is 5.75 Å². The van der Waals surface area contributed by atoms with E-state index < -0.39 is 17.8 Å². The molecule has 1 aromatic heterocycles. The molecule has 1 aliphatic rings. The van der Waals surface area contributed by atoms with Crippen molar-refractivity contribution < 1.29 is 18.3 Å². The first kappa shape index (κ1) is 21.2. The highest BCUT2D eigenvalue weighted by molar-refractivity contribution is 6.32. The molecule has 2 heterocycles. The van der Waals surface area contributed by atoms with Gasteiger partial charge < -0.3 is 9.15 Å². The highest BCUT2D eigenvalue weighted by Crippen LogP contribution is 2.43. The summed E-state index contributed by atoms with van der Waals surface area (Å²) in [5, 5.41) is 0.627. The number of amides is 1. The summed E-state index contributed by atoms with van der Waals surface area (Å²) in [5.74, 6) is -0.752. The van der Waals surface area contributed by atoms with Gasteiger partial charge in [-0.1, -0.05) is 29.8 Å². The summed E-state index contributed by atoms with van der Waals surface area (Å²) in [6.45, 7) is 3.80. The Labute approximate surface area is 194 Å². The smallest absolute Gasteiger partial charge is 0.295 e. The molecule has 3 aromatic carbocycles. The highest BCUT2D eigenvalue weighted by atomic mass is 35.5. The molecule has 0 fully saturated rings. The number of ether oxygens (including phenoxy) is 1. The van der Waals surface area contributed by atoms with Gasteiger partial charge in [0.1, 0.15) is 17.1 Å². The summed E-state index contributed by atoms with van der Waals surface area (Å²) in [4.78, 5) is 28.6. The van der Waals surface area contributed by atoms with Gasteiger partial charge in [-0.15, -0.1) is 0 Å². The van der Waals surface area contributed by atoms with Gasteiger partial charge in [0.05, 0.1) is 29.1 Å². The third-order valence-corrected chi connectivity index (χ3v) is 6.40. The molecule has 0 bridgehead atoms. The van der Waals surface area contributed by atoms with Crippen molar-refractivity contribution in [2.45, 2.75) is 19.9 Å². The molecule has 0 spiro atoms. The van der Waals surface area contributed by atoms with E-state index in [2.05, 4.69) is 0 Å². The molecule has 4 aromatic rings. The van der Waals surface area contributed by atoms with Gasteiger partial charge in [-0.2, -0.15) is 0 Å². The maximum Gasteiger partial charge on any atom is 0.295 e. The summed E-state index contributed by atoms with van der Waals surface area (Å²) in [5.41, 5.74) is 2.48. The van der Waals surface area contributed by atoms with Crippen molar-refractivity contribution in [2.75, 3.05) is 12.0 Å². The molecule has 5 nitrogen and oxygen atoms in total. The Hall–Kier alpha value is -3.64. The Bertz CT molecular complexity index is 1510. The second kappa shape index (κ2) is 7.74. The normalized spacial score (nSPS) is 15.2. The summed E-state index contributed by atoms with van der Waals surface area (Å²) in [6.07, 6.45) is 0. The summed E-state index contributed by atoms with van der Waals surface area (Å²) >= 11 is 6.32. The van der Waals surface area contributed by atoms with E-state index >= 15 is 0 Å². The lowest BCUT2D eigenvalue weighted by Crippen LogP contribution is -2.30. The fourth-order valence-electron chi connectivity index (χ4n) is 4.29. The number of rotatable bonds is 3. The largest absolute Gasteiger partial charge is 0.495 e. The van der Waals surface area contributed by atoms with Gasteiger partial charge in [-0.3, -0.25) is 14.5 Å². The molecule has 1 aliphatic heterocycles. The van der Waals surface area contributed by atoms with Crippen molar-refractivity contribution in [2.24, 2.45) is 0 Å². The first-order valence-electron chi connectivity index (χ1n) is 10.3. The number of carbonyl (C=O) groups excluding carboxylic acids is 1. The van der Waals surface area contributed by atoms with Crippen LogP contribution in [0.3, 0.4) is 0 Å². The zero-order valence-corrected chi connectivity index (χ0v) is 18.9. The van der Waals surface area contributed by atoms with E-state index in [9.17, 15) is 14.0 Å². The van der Waals surface area contributed by atoms with Crippen LogP contribution < -0.4 is 15.1 Å². The van der Waals surface area contributed by atoms with Gasteiger partial charge in [-0.25, -0.2) is 4.39 Å². The third kappa shape index (κ3) is 3.21. The lowest BCUT2D eigenvalue weighted by molar-refractivity contribution is 0.0970. The van der Waals surface area contributed by atoms with E-state index in [0.29, 0.717) is 22.4 Å². The van der Waals surface area contributed by atoms with E-state index in [1.165, 1.54) is 18.1 Å². The number of halogens is 2. The minimum atomic E-state index is -1.01. The average molecular weight is 464 g/mol. The Morgan fingerprint density at radius 3 is 2.45 bits per heavy atom. The molecule has 5 rings (SSSR count). The first-order chi connectivity index (χ1) is 15.8. The van der Waals surface area contributed by atoms with Crippen molar-refractivity contribution in [1.29, 1.82) is 0 Å². The first-order valence-corrected chi connectivity index (χ1v) is 10.7. The molecule has 0 aliphatic carbocycles. The number of carbonyl (C=O) groups is 1. The number of methoxy groups -OCH3 is 1. The van der Waals surface area contributed by atoms with Gasteiger partial charge in [0.2, 0.25) is 5.76 Å². The molecule has 0 N–H and O–H groups in total. The molecule has 0 saturated heterocycles. The van der Waals surface area contributed by atoms with Crippen LogP contribution in [-0.2, 0) is 0 Å². The molecule has 7 heteroatoms. The van der Waals surface area contributed by atoms with Gasteiger partial charge in [0, 0.05) is 11.3 Å². The number of nitrogens with zero attached hydrogens (tertiary/aromatic N) is 1. The second-order valence-corrected chi connectivity index (χ2v) is 8.43. The predicted octanol–water partition coefficient (Wildman–Crippen LogP) is 5.96. The molecule has 0 saturated carbocycles. The van der Waals surface area contributed by atoms with Crippen LogP contribution >= 0.6 is 11.6 Å². The van der Waals surface area contributed by atoms with Crippen molar-refractivity contribution in [3.63, 3.8) is 0 Å². The van der Waals surface area contributed by atoms with Crippen molar-refractivity contribution in [1.82, 2.24) is 0 Å². The summed E-state index contributed by atoms with van der Waals surface area (Å²) < 4.78 is 26.2.